The van der Waals surface area contributed by atoms with E-state index in [0.29, 0.717) is 13.2 Å². The van der Waals surface area contributed by atoms with Crippen LogP contribution in [0.3, 0.4) is 0 Å². The summed E-state index contributed by atoms with van der Waals surface area (Å²) in [6.07, 6.45) is 1.65. The molecule has 0 unspecified atom stereocenters. The lowest BCUT2D eigenvalue weighted by molar-refractivity contribution is -0.122. The molecule has 0 radical (unpaired) electrons. The highest BCUT2D eigenvalue weighted by molar-refractivity contribution is 5.83. The summed E-state index contributed by atoms with van der Waals surface area (Å²) in [4.78, 5) is 16.9. The Kier molecular flexibility index (Phi) is 8.43. The summed E-state index contributed by atoms with van der Waals surface area (Å²) in [6, 6.07) is 26.4. The van der Waals surface area contributed by atoms with Crippen LogP contribution in [-0.4, -0.2) is 54.6 Å². The van der Waals surface area contributed by atoms with Gasteiger partial charge in [-0.1, -0.05) is 60.2 Å². The maximum atomic E-state index is 12.3. The first kappa shape index (κ1) is 23.7. The van der Waals surface area contributed by atoms with Crippen molar-refractivity contribution in [1.29, 1.82) is 0 Å². The van der Waals surface area contributed by atoms with E-state index in [-0.39, 0.29) is 5.91 Å². The lowest BCUT2D eigenvalue weighted by atomic mass is 10.1. The van der Waals surface area contributed by atoms with E-state index in [9.17, 15) is 4.79 Å². The summed E-state index contributed by atoms with van der Waals surface area (Å²) < 4.78 is 5.80. The number of ether oxygens (including phenoxy) is 1. The van der Waals surface area contributed by atoms with E-state index in [1.807, 2.05) is 54.6 Å². The molecule has 1 aliphatic rings. The van der Waals surface area contributed by atoms with Crippen molar-refractivity contribution >= 4 is 12.1 Å². The van der Waals surface area contributed by atoms with Crippen molar-refractivity contribution in [2.75, 3.05) is 32.7 Å². The molecule has 0 atom stereocenters. The normalized spacial score (nSPS) is 14.9. The lowest BCUT2D eigenvalue weighted by Gasteiger charge is -2.34. The fraction of sp³-hybridized carbons (Fsp3) is 0.286. The zero-order valence-electron chi connectivity index (χ0n) is 19.7. The monoisotopic (exact) mass is 456 g/mol. The summed E-state index contributed by atoms with van der Waals surface area (Å²) in [5.41, 5.74) is 7.29. The van der Waals surface area contributed by atoms with E-state index in [1.165, 1.54) is 11.1 Å². The van der Waals surface area contributed by atoms with E-state index in [0.717, 1.165) is 49.6 Å². The average Bonchev–Trinajstić information content (AvgIpc) is 2.87. The minimum Gasteiger partial charge on any atom is -0.489 e. The lowest BCUT2D eigenvalue weighted by Crippen LogP contribution is -2.48. The van der Waals surface area contributed by atoms with Gasteiger partial charge in [0, 0.05) is 32.7 Å². The second kappa shape index (κ2) is 12.1. The summed E-state index contributed by atoms with van der Waals surface area (Å²) in [5, 5.41) is 4.11. The van der Waals surface area contributed by atoms with Crippen LogP contribution >= 0.6 is 0 Å². The Balaban J connectivity index is 1.14. The number of nitrogens with zero attached hydrogens (tertiary/aromatic N) is 3. The first-order valence-electron chi connectivity index (χ1n) is 11.7. The molecule has 1 amide bonds. The van der Waals surface area contributed by atoms with Crippen LogP contribution in [0.2, 0.25) is 0 Å². The molecular formula is C28H32N4O2. The molecule has 0 saturated carbocycles. The molecule has 1 aliphatic heterocycles. The van der Waals surface area contributed by atoms with Gasteiger partial charge in [-0.15, -0.1) is 0 Å². The van der Waals surface area contributed by atoms with Crippen molar-refractivity contribution in [3.05, 3.63) is 101 Å². The van der Waals surface area contributed by atoms with Crippen molar-refractivity contribution < 1.29 is 9.53 Å². The quantitative estimate of drug-likeness (QED) is 0.393. The Hall–Kier alpha value is -3.48. The van der Waals surface area contributed by atoms with Gasteiger partial charge >= 0.3 is 0 Å². The second-order valence-corrected chi connectivity index (χ2v) is 8.67. The van der Waals surface area contributed by atoms with Gasteiger partial charge in [-0.25, -0.2) is 5.43 Å². The van der Waals surface area contributed by atoms with Crippen molar-refractivity contribution in [3.63, 3.8) is 0 Å². The van der Waals surface area contributed by atoms with E-state index in [1.54, 1.807) is 6.21 Å². The smallest absolute Gasteiger partial charge is 0.254 e. The Bertz CT molecular complexity index is 1060. The predicted molar refractivity (Wildman–Crippen MR) is 136 cm³/mol. The number of aryl methyl sites for hydroxylation is 1. The van der Waals surface area contributed by atoms with Gasteiger partial charge in [0.1, 0.15) is 12.4 Å². The summed E-state index contributed by atoms with van der Waals surface area (Å²) in [5.74, 6) is 0.706. The molecule has 1 N–H and O–H groups in total. The number of carbonyl (C=O) groups excluding carboxylic acids is 1. The summed E-state index contributed by atoms with van der Waals surface area (Å²) >= 11 is 0. The van der Waals surface area contributed by atoms with Gasteiger partial charge in [0.2, 0.25) is 0 Å². The maximum Gasteiger partial charge on any atom is 0.254 e. The van der Waals surface area contributed by atoms with Gasteiger partial charge in [0.15, 0.2) is 0 Å². The number of hydrazone groups is 1. The number of nitrogens with one attached hydrogen (secondary N) is 1. The van der Waals surface area contributed by atoms with Gasteiger partial charge in [-0.05, 0) is 47.9 Å². The third-order valence-corrected chi connectivity index (χ3v) is 5.89. The number of hydrogen-bond donors (Lipinski definition) is 1. The molecule has 0 spiro atoms. The average molecular weight is 457 g/mol. The molecule has 1 heterocycles. The Morgan fingerprint density at radius 2 is 1.56 bits per heavy atom. The fourth-order valence-electron chi connectivity index (χ4n) is 3.87. The molecule has 1 fully saturated rings. The van der Waals surface area contributed by atoms with Crippen LogP contribution in [0.1, 0.15) is 22.3 Å². The van der Waals surface area contributed by atoms with Crippen molar-refractivity contribution in [2.24, 2.45) is 5.10 Å². The number of hydrogen-bond acceptors (Lipinski definition) is 5. The molecule has 176 valence electrons. The molecule has 0 aromatic heterocycles. The Morgan fingerprint density at radius 1 is 0.882 bits per heavy atom. The minimum atomic E-state index is -0.0916. The SMILES string of the molecule is Cc1ccc(CN2CCN(CC(=O)N/N=C\c3ccc(OCc4ccccc4)cc3)CC2)cc1. The number of benzene rings is 3. The number of amides is 1. The zero-order valence-corrected chi connectivity index (χ0v) is 19.7. The van der Waals surface area contributed by atoms with Crippen molar-refractivity contribution in [1.82, 2.24) is 15.2 Å². The Morgan fingerprint density at radius 3 is 2.26 bits per heavy atom. The van der Waals surface area contributed by atoms with Crippen molar-refractivity contribution in [2.45, 2.75) is 20.1 Å². The predicted octanol–water partition coefficient (Wildman–Crippen LogP) is 3.84. The van der Waals surface area contributed by atoms with E-state index in [2.05, 4.69) is 51.5 Å². The molecule has 34 heavy (non-hydrogen) atoms. The van der Waals surface area contributed by atoms with E-state index >= 15 is 0 Å². The number of carbonyl (C=O) groups is 1. The molecule has 0 aliphatic carbocycles. The summed E-state index contributed by atoms with van der Waals surface area (Å²) in [6.45, 7) is 7.65. The topological polar surface area (TPSA) is 57.2 Å². The molecular weight excluding hydrogens is 424 g/mol. The first-order chi connectivity index (χ1) is 16.6. The highest BCUT2D eigenvalue weighted by Crippen LogP contribution is 2.13. The molecule has 3 aromatic rings. The largest absolute Gasteiger partial charge is 0.489 e. The van der Waals surface area contributed by atoms with Crippen LogP contribution in [0, 0.1) is 6.92 Å². The number of piperazine rings is 1. The van der Waals surface area contributed by atoms with Crippen molar-refractivity contribution in [3.8, 4) is 5.75 Å². The van der Waals surface area contributed by atoms with Crippen LogP contribution in [0.25, 0.3) is 0 Å². The van der Waals surface area contributed by atoms with E-state index in [4.69, 9.17) is 4.74 Å². The first-order valence-corrected chi connectivity index (χ1v) is 11.7. The highest BCUT2D eigenvalue weighted by atomic mass is 16.5. The van der Waals surface area contributed by atoms with Crippen LogP contribution in [0.5, 0.6) is 5.75 Å². The molecule has 4 rings (SSSR count). The Labute approximate surface area is 201 Å². The standard InChI is InChI=1S/C28H32N4O2/c1-23-7-9-25(10-8-23)20-31-15-17-32(18-16-31)21-28(33)30-29-19-24-11-13-27(14-12-24)34-22-26-5-3-2-4-6-26/h2-14,19H,15-18,20-22H2,1H3,(H,30,33)/b29-19-. The van der Waals surface area contributed by atoms with E-state index < -0.39 is 0 Å². The summed E-state index contributed by atoms with van der Waals surface area (Å²) in [7, 11) is 0. The highest BCUT2D eigenvalue weighted by Gasteiger charge is 2.18. The van der Waals surface area contributed by atoms with Crippen LogP contribution < -0.4 is 10.2 Å². The third-order valence-electron chi connectivity index (χ3n) is 5.89. The molecule has 1 saturated heterocycles. The fourth-order valence-corrected chi connectivity index (χ4v) is 3.87. The van der Waals surface area contributed by atoms with Crippen LogP contribution in [0.4, 0.5) is 0 Å². The van der Waals surface area contributed by atoms with Gasteiger partial charge in [0.25, 0.3) is 5.91 Å². The number of rotatable bonds is 9. The molecule has 3 aromatic carbocycles. The van der Waals surface area contributed by atoms with Crippen LogP contribution in [-0.2, 0) is 17.9 Å². The van der Waals surface area contributed by atoms with Gasteiger partial charge < -0.3 is 4.74 Å². The second-order valence-electron chi connectivity index (χ2n) is 8.67. The van der Waals surface area contributed by atoms with Gasteiger partial charge in [-0.3, -0.25) is 14.6 Å². The minimum absolute atomic E-state index is 0.0916. The zero-order chi connectivity index (χ0) is 23.6. The molecule has 0 bridgehead atoms. The molecule has 6 nitrogen and oxygen atoms in total. The van der Waals surface area contributed by atoms with Gasteiger partial charge in [0.05, 0.1) is 12.8 Å². The maximum absolute atomic E-state index is 12.3. The van der Waals surface area contributed by atoms with Crippen LogP contribution in [0.15, 0.2) is 84.0 Å². The van der Waals surface area contributed by atoms with Gasteiger partial charge in [-0.2, -0.15) is 5.10 Å². The molecule has 6 heteroatoms. The third kappa shape index (κ3) is 7.54.